The molecule has 1 unspecified atom stereocenters. The molecule has 2 aromatic carbocycles. The first kappa shape index (κ1) is 18.6. The summed E-state index contributed by atoms with van der Waals surface area (Å²) in [7, 11) is 1.75. The zero-order chi connectivity index (χ0) is 18.7. The summed E-state index contributed by atoms with van der Waals surface area (Å²) < 4.78 is 16.5. The number of halogens is 2. The molecule has 0 bridgehead atoms. The normalized spacial score (nSPS) is 12.0. The number of aromatic nitrogens is 3. The van der Waals surface area contributed by atoms with E-state index >= 15 is 0 Å². The van der Waals surface area contributed by atoms with Gasteiger partial charge in [-0.25, -0.2) is 4.39 Å². The zero-order valence-corrected chi connectivity index (χ0v) is 16.5. The van der Waals surface area contributed by atoms with Gasteiger partial charge in [0.15, 0.2) is 11.0 Å². The Morgan fingerprint density at radius 3 is 2.73 bits per heavy atom. The Hall–Kier alpha value is -2.19. The van der Waals surface area contributed by atoms with Crippen molar-refractivity contribution in [2.45, 2.75) is 17.3 Å². The van der Waals surface area contributed by atoms with Gasteiger partial charge >= 0.3 is 0 Å². The Morgan fingerprint density at radius 2 is 2.00 bits per heavy atom. The van der Waals surface area contributed by atoms with Crippen molar-refractivity contribution in [2.75, 3.05) is 5.32 Å². The van der Waals surface area contributed by atoms with Crippen LogP contribution in [0.4, 0.5) is 10.1 Å². The van der Waals surface area contributed by atoms with E-state index in [0.29, 0.717) is 22.2 Å². The molecule has 0 radical (unpaired) electrons. The maximum Gasteiger partial charge on any atom is 0.237 e. The summed E-state index contributed by atoms with van der Waals surface area (Å²) >= 11 is 4.64. The van der Waals surface area contributed by atoms with Crippen LogP contribution in [0.1, 0.15) is 6.92 Å². The van der Waals surface area contributed by atoms with Crippen molar-refractivity contribution in [1.82, 2.24) is 14.8 Å². The van der Waals surface area contributed by atoms with Crippen molar-refractivity contribution in [2.24, 2.45) is 7.05 Å². The number of carbonyl (C=O) groups is 1. The second-order valence-electron chi connectivity index (χ2n) is 5.60. The fourth-order valence-corrected chi connectivity index (χ4v) is 3.53. The van der Waals surface area contributed by atoms with E-state index in [1.54, 1.807) is 36.7 Å². The number of nitrogens with one attached hydrogen (secondary N) is 1. The molecule has 0 saturated carbocycles. The molecule has 134 valence electrons. The zero-order valence-electron chi connectivity index (χ0n) is 14.1. The van der Waals surface area contributed by atoms with Gasteiger partial charge in [0.1, 0.15) is 5.82 Å². The smallest absolute Gasteiger partial charge is 0.237 e. The summed E-state index contributed by atoms with van der Waals surface area (Å²) in [5, 5.41) is 11.2. The van der Waals surface area contributed by atoms with Gasteiger partial charge in [-0.1, -0.05) is 45.9 Å². The third kappa shape index (κ3) is 4.13. The number of hydrogen-bond donors (Lipinski definition) is 1. The molecule has 8 heteroatoms. The van der Waals surface area contributed by atoms with Gasteiger partial charge in [-0.05, 0) is 37.3 Å². The predicted octanol–water partition coefficient (Wildman–Crippen LogP) is 4.50. The average molecular weight is 435 g/mol. The highest BCUT2D eigenvalue weighted by molar-refractivity contribution is 9.10. The second-order valence-corrected chi connectivity index (χ2v) is 7.83. The number of thioether (sulfide) groups is 1. The van der Waals surface area contributed by atoms with Crippen molar-refractivity contribution < 1.29 is 9.18 Å². The monoisotopic (exact) mass is 434 g/mol. The maximum atomic E-state index is 14.0. The van der Waals surface area contributed by atoms with E-state index in [2.05, 4.69) is 31.4 Å². The van der Waals surface area contributed by atoms with Crippen LogP contribution in [0.2, 0.25) is 0 Å². The molecule has 5 nitrogen and oxygen atoms in total. The van der Waals surface area contributed by atoms with Crippen molar-refractivity contribution in [1.29, 1.82) is 0 Å². The fraction of sp³-hybridized carbons (Fsp3) is 0.167. The lowest BCUT2D eigenvalue weighted by molar-refractivity contribution is -0.115. The topological polar surface area (TPSA) is 59.8 Å². The summed E-state index contributed by atoms with van der Waals surface area (Å²) in [5.41, 5.74) is 1.09. The largest absolute Gasteiger partial charge is 0.325 e. The van der Waals surface area contributed by atoms with Crippen LogP contribution in [-0.4, -0.2) is 25.9 Å². The van der Waals surface area contributed by atoms with Crippen molar-refractivity contribution in [3.63, 3.8) is 0 Å². The molecule has 0 aliphatic heterocycles. The first-order valence-electron chi connectivity index (χ1n) is 7.83. The molecule has 1 heterocycles. The van der Waals surface area contributed by atoms with Crippen LogP contribution < -0.4 is 5.32 Å². The number of hydrogen-bond acceptors (Lipinski definition) is 4. The molecular weight excluding hydrogens is 419 g/mol. The van der Waals surface area contributed by atoms with E-state index in [1.165, 1.54) is 17.8 Å². The molecule has 1 atom stereocenters. The van der Waals surface area contributed by atoms with E-state index in [9.17, 15) is 9.18 Å². The highest BCUT2D eigenvalue weighted by Gasteiger charge is 2.20. The lowest BCUT2D eigenvalue weighted by Crippen LogP contribution is -2.22. The van der Waals surface area contributed by atoms with Gasteiger partial charge in [-0.2, -0.15) is 0 Å². The van der Waals surface area contributed by atoms with E-state index in [0.717, 1.165) is 4.47 Å². The molecule has 3 rings (SSSR count). The molecule has 0 saturated heterocycles. The second kappa shape index (κ2) is 8.01. The minimum absolute atomic E-state index is 0.149. The summed E-state index contributed by atoms with van der Waals surface area (Å²) in [5.74, 6) is -0.0891. The minimum atomic E-state index is -0.398. The van der Waals surface area contributed by atoms with Crippen LogP contribution in [0.15, 0.2) is 58.2 Å². The summed E-state index contributed by atoms with van der Waals surface area (Å²) in [6.07, 6.45) is 0. The molecule has 26 heavy (non-hydrogen) atoms. The number of nitrogens with zero attached hydrogens (tertiary/aromatic N) is 3. The first-order chi connectivity index (χ1) is 12.5. The summed E-state index contributed by atoms with van der Waals surface area (Å²) in [4.78, 5) is 12.4. The van der Waals surface area contributed by atoms with Gasteiger partial charge < -0.3 is 9.88 Å². The number of benzene rings is 2. The van der Waals surface area contributed by atoms with Gasteiger partial charge in [0.2, 0.25) is 5.91 Å². The molecule has 0 aliphatic carbocycles. The van der Waals surface area contributed by atoms with Gasteiger partial charge in [0.05, 0.1) is 10.8 Å². The Kier molecular flexibility index (Phi) is 5.73. The van der Waals surface area contributed by atoms with Crippen LogP contribution in [0.25, 0.3) is 11.4 Å². The van der Waals surface area contributed by atoms with Crippen LogP contribution in [0.5, 0.6) is 0 Å². The van der Waals surface area contributed by atoms with Gasteiger partial charge in [-0.3, -0.25) is 4.79 Å². The van der Waals surface area contributed by atoms with Crippen LogP contribution in [0.3, 0.4) is 0 Å². The molecule has 1 amide bonds. The lowest BCUT2D eigenvalue weighted by Gasteiger charge is -2.12. The highest BCUT2D eigenvalue weighted by atomic mass is 79.9. The van der Waals surface area contributed by atoms with Crippen molar-refractivity contribution in [3.05, 3.63) is 58.8 Å². The predicted molar refractivity (Wildman–Crippen MR) is 104 cm³/mol. The van der Waals surface area contributed by atoms with Gasteiger partial charge in [0.25, 0.3) is 0 Å². The SMILES string of the molecule is CC(Sc1nnc(-c2ccccc2F)n1C)C(=O)Nc1cccc(Br)c1. The molecule has 0 spiro atoms. The van der Waals surface area contributed by atoms with E-state index in [1.807, 2.05) is 24.3 Å². The number of anilines is 1. The Balaban J connectivity index is 1.73. The molecule has 3 aromatic rings. The fourth-order valence-electron chi connectivity index (χ4n) is 2.32. The quantitative estimate of drug-likeness (QED) is 0.600. The highest BCUT2D eigenvalue weighted by Crippen LogP contribution is 2.27. The number of carbonyl (C=O) groups excluding carboxylic acids is 1. The molecule has 1 aromatic heterocycles. The molecular formula is C18H16BrFN4OS. The molecule has 0 fully saturated rings. The summed E-state index contributed by atoms with van der Waals surface area (Å²) in [6, 6.07) is 13.8. The average Bonchev–Trinajstić information content (AvgIpc) is 2.96. The maximum absolute atomic E-state index is 14.0. The third-order valence-electron chi connectivity index (χ3n) is 3.69. The first-order valence-corrected chi connectivity index (χ1v) is 9.50. The van der Waals surface area contributed by atoms with E-state index in [-0.39, 0.29) is 11.7 Å². The number of amides is 1. The number of rotatable bonds is 5. The van der Waals surface area contributed by atoms with Gasteiger partial charge in [-0.15, -0.1) is 10.2 Å². The lowest BCUT2D eigenvalue weighted by atomic mass is 10.2. The Morgan fingerprint density at radius 1 is 1.23 bits per heavy atom. The molecule has 0 aliphatic rings. The van der Waals surface area contributed by atoms with Crippen LogP contribution in [-0.2, 0) is 11.8 Å². The van der Waals surface area contributed by atoms with Crippen LogP contribution in [0, 0.1) is 5.82 Å². The summed E-state index contributed by atoms with van der Waals surface area (Å²) in [6.45, 7) is 1.79. The van der Waals surface area contributed by atoms with Crippen molar-refractivity contribution in [3.8, 4) is 11.4 Å². The third-order valence-corrected chi connectivity index (χ3v) is 5.32. The standard InChI is InChI=1S/C18H16BrFN4OS/c1-11(17(25)21-13-7-5-6-12(19)10-13)26-18-23-22-16(24(18)2)14-8-3-4-9-15(14)20/h3-11H,1-2H3,(H,21,25). The van der Waals surface area contributed by atoms with Crippen LogP contribution >= 0.6 is 27.7 Å². The van der Waals surface area contributed by atoms with Gasteiger partial charge in [0, 0.05) is 17.2 Å². The van der Waals surface area contributed by atoms with Crippen molar-refractivity contribution >= 4 is 39.3 Å². The minimum Gasteiger partial charge on any atom is -0.325 e. The van der Waals surface area contributed by atoms with E-state index in [4.69, 9.17) is 0 Å². The Bertz CT molecular complexity index is 946. The molecule has 1 N–H and O–H groups in total. The van der Waals surface area contributed by atoms with E-state index < -0.39 is 5.25 Å². The Labute approximate surface area is 163 Å².